The molecule has 10 nitrogen and oxygen atoms in total. The molecule has 0 radical (unpaired) electrons. The van der Waals surface area contributed by atoms with Gasteiger partial charge in [0.05, 0.1) is 22.9 Å². The quantitative estimate of drug-likeness (QED) is 0.605. The molecule has 1 N–H and O–H groups in total. The Morgan fingerprint density at radius 2 is 1.90 bits per heavy atom. The number of aromatic nitrogens is 4. The number of carbonyl (C=O) groups is 1. The second-order valence-electron chi connectivity index (χ2n) is 7.49. The third-order valence-electron chi connectivity index (χ3n) is 4.95. The van der Waals surface area contributed by atoms with Gasteiger partial charge in [0.1, 0.15) is 0 Å². The van der Waals surface area contributed by atoms with Crippen LogP contribution in [0.3, 0.4) is 0 Å². The predicted octanol–water partition coefficient (Wildman–Crippen LogP) is 1.22. The number of aromatic amines is 1. The fourth-order valence-corrected chi connectivity index (χ4v) is 4.42. The number of nitrogens with zero attached hydrogens (tertiary/aromatic N) is 4. The average Bonchev–Trinajstić information content (AvgIpc) is 3.17. The summed E-state index contributed by atoms with van der Waals surface area (Å²) in [4.78, 5) is 41.2. The van der Waals surface area contributed by atoms with Crippen molar-refractivity contribution in [3.05, 3.63) is 50.8 Å². The highest BCUT2D eigenvalue weighted by Crippen LogP contribution is 2.27. The fourth-order valence-electron chi connectivity index (χ4n) is 3.44. The Balaban J connectivity index is 2.41. The van der Waals surface area contributed by atoms with Gasteiger partial charge in [-0.2, -0.15) is 5.10 Å². The zero-order chi connectivity index (χ0) is 23.1. The maximum atomic E-state index is 13.3. The maximum absolute atomic E-state index is 13.3. The van der Waals surface area contributed by atoms with E-state index in [-0.39, 0.29) is 15.3 Å². The molecule has 3 aromatic rings. The topological polar surface area (TPSA) is 127 Å². The highest BCUT2D eigenvalue weighted by molar-refractivity contribution is 7.92. The average molecular weight is 448 g/mol. The van der Waals surface area contributed by atoms with Gasteiger partial charge in [0, 0.05) is 24.2 Å². The Kier molecular flexibility index (Phi) is 5.90. The first-order valence-corrected chi connectivity index (χ1v) is 11.7. The van der Waals surface area contributed by atoms with E-state index in [0.29, 0.717) is 17.6 Å². The lowest BCUT2D eigenvalue weighted by Crippen LogP contribution is -2.56. The van der Waals surface area contributed by atoms with Gasteiger partial charge < -0.3 is 4.98 Å². The molecule has 2 aromatic heterocycles. The molecule has 0 aliphatic rings. The third kappa shape index (κ3) is 3.92. The summed E-state index contributed by atoms with van der Waals surface area (Å²) in [6, 6.07) is 5.12. The van der Waals surface area contributed by atoms with E-state index in [1.165, 1.54) is 13.8 Å². The molecule has 1 aromatic carbocycles. The Morgan fingerprint density at radius 1 is 1.23 bits per heavy atom. The second-order valence-corrected chi connectivity index (χ2v) is 9.30. The summed E-state index contributed by atoms with van der Waals surface area (Å²) >= 11 is 0. The number of benzene rings is 1. The van der Waals surface area contributed by atoms with Gasteiger partial charge in [-0.3, -0.25) is 14.3 Å². The van der Waals surface area contributed by atoms with Crippen molar-refractivity contribution < 1.29 is 13.2 Å². The number of carbonyl (C=O) groups excluding carboxylic acids is 1. The summed E-state index contributed by atoms with van der Waals surface area (Å²) in [5.41, 5.74) is 0.770. The van der Waals surface area contributed by atoms with E-state index in [4.69, 9.17) is 0 Å². The monoisotopic (exact) mass is 447 g/mol. The number of amides is 1. The van der Waals surface area contributed by atoms with Crippen LogP contribution >= 0.6 is 0 Å². The lowest BCUT2D eigenvalue weighted by molar-refractivity contribution is -0.121. The van der Waals surface area contributed by atoms with Crippen molar-refractivity contribution in [1.82, 2.24) is 19.4 Å². The lowest BCUT2D eigenvalue weighted by Gasteiger charge is -2.23. The lowest BCUT2D eigenvalue weighted by atomic mass is 9.99. The minimum atomic E-state index is -4.24. The Labute approximate surface area is 179 Å². The molecule has 3 rings (SSSR count). The fraction of sp³-hybridized carbons (Fsp3) is 0.400. The van der Waals surface area contributed by atoms with Gasteiger partial charge in [0.25, 0.3) is 21.5 Å². The normalized spacial score (nSPS) is 11.9. The van der Waals surface area contributed by atoms with Crippen molar-refractivity contribution in [2.45, 2.75) is 40.7 Å². The first-order valence-electron chi connectivity index (χ1n) is 9.89. The zero-order valence-electron chi connectivity index (χ0n) is 18.0. The summed E-state index contributed by atoms with van der Waals surface area (Å²) in [6.07, 6.45) is 3.06. The smallest absolute Gasteiger partial charge is 0.305 e. The van der Waals surface area contributed by atoms with Gasteiger partial charge in [-0.05, 0) is 37.1 Å². The van der Waals surface area contributed by atoms with Crippen LogP contribution in [0.1, 0.15) is 33.3 Å². The number of nitrogens with one attached hydrogen (secondary N) is 1. The van der Waals surface area contributed by atoms with Crippen LogP contribution in [0.5, 0.6) is 0 Å². The molecular weight excluding hydrogens is 422 g/mol. The number of hydrogen-bond donors (Lipinski definition) is 1. The molecule has 166 valence electrons. The Morgan fingerprint density at radius 3 is 2.45 bits per heavy atom. The van der Waals surface area contributed by atoms with Crippen LogP contribution < -0.4 is 15.7 Å². The molecule has 0 saturated carbocycles. The first-order chi connectivity index (χ1) is 14.5. The van der Waals surface area contributed by atoms with Crippen LogP contribution in [0, 0.1) is 5.92 Å². The molecule has 2 heterocycles. The van der Waals surface area contributed by atoms with Crippen molar-refractivity contribution in [1.29, 1.82) is 0 Å². The van der Waals surface area contributed by atoms with Crippen LogP contribution in [0.25, 0.3) is 22.2 Å². The molecule has 0 saturated heterocycles. The molecule has 1 amide bonds. The van der Waals surface area contributed by atoms with Crippen LogP contribution in [0.4, 0.5) is 0 Å². The largest absolute Gasteiger partial charge is 0.349 e. The zero-order valence-corrected chi connectivity index (χ0v) is 18.9. The summed E-state index contributed by atoms with van der Waals surface area (Å²) in [5.74, 6) is -1.64. The van der Waals surface area contributed by atoms with Gasteiger partial charge in [0.15, 0.2) is 0 Å². The van der Waals surface area contributed by atoms with Crippen molar-refractivity contribution in [2.75, 3.05) is 10.7 Å². The van der Waals surface area contributed by atoms with E-state index >= 15 is 0 Å². The predicted molar refractivity (Wildman–Crippen MR) is 118 cm³/mol. The highest BCUT2D eigenvalue weighted by Gasteiger charge is 2.31. The molecule has 11 heteroatoms. The molecule has 0 fully saturated rings. The number of rotatable bonds is 6. The summed E-state index contributed by atoms with van der Waals surface area (Å²) in [6.45, 7) is 7.47. The van der Waals surface area contributed by atoms with E-state index in [9.17, 15) is 22.8 Å². The van der Waals surface area contributed by atoms with Crippen molar-refractivity contribution >= 4 is 26.8 Å². The van der Waals surface area contributed by atoms with Gasteiger partial charge in [-0.25, -0.2) is 13.2 Å². The van der Waals surface area contributed by atoms with Gasteiger partial charge in [-0.15, -0.1) is 9.09 Å². The molecular formula is C20H25N5O5S. The molecule has 0 atom stereocenters. The minimum absolute atomic E-state index is 0.0841. The first kappa shape index (κ1) is 22.5. The maximum Gasteiger partial charge on any atom is 0.349 e. The van der Waals surface area contributed by atoms with E-state index < -0.39 is 33.1 Å². The van der Waals surface area contributed by atoms with E-state index in [0.717, 1.165) is 23.1 Å². The molecule has 0 bridgehead atoms. The summed E-state index contributed by atoms with van der Waals surface area (Å²) in [7, 11) is -4.24. The van der Waals surface area contributed by atoms with Crippen molar-refractivity contribution in [2.24, 2.45) is 5.92 Å². The van der Waals surface area contributed by atoms with Gasteiger partial charge >= 0.3 is 5.69 Å². The molecule has 0 aliphatic heterocycles. The number of hydrogen-bond acceptors (Lipinski definition) is 6. The van der Waals surface area contributed by atoms with E-state index in [1.807, 2.05) is 19.9 Å². The molecule has 0 unspecified atom stereocenters. The Bertz CT molecular complexity index is 1380. The molecule has 0 spiro atoms. The minimum Gasteiger partial charge on any atom is -0.305 e. The highest BCUT2D eigenvalue weighted by atomic mass is 32.2. The van der Waals surface area contributed by atoms with Gasteiger partial charge in [-0.1, -0.05) is 20.8 Å². The molecule has 31 heavy (non-hydrogen) atoms. The van der Waals surface area contributed by atoms with Crippen molar-refractivity contribution in [3.8, 4) is 11.3 Å². The number of sulfonamides is 1. The second kappa shape index (κ2) is 8.14. The Hall–Kier alpha value is -3.21. The summed E-state index contributed by atoms with van der Waals surface area (Å²) in [5, 5.41) is 4.35. The van der Waals surface area contributed by atoms with Crippen LogP contribution in [0.15, 0.2) is 34.0 Å². The standard InChI is InChI=1S/C20H25N5O5S/c1-6-13-10-16-15(11-14(13)17-8-9-21-23(17)7-2)19(27)24(20(28)22-16)25(31(5,29)30)18(26)12(3)4/h8-12H,6-7H2,1-5H3,(H,22,28). The number of H-pyrrole nitrogens is 1. The van der Waals surface area contributed by atoms with Crippen LogP contribution in [0.2, 0.25) is 0 Å². The van der Waals surface area contributed by atoms with Crippen LogP contribution in [-0.4, -0.2) is 40.0 Å². The third-order valence-corrected chi connectivity index (χ3v) is 5.92. The number of aryl methyl sites for hydroxylation is 2. The van der Waals surface area contributed by atoms with Crippen molar-refractivity contribution in [3.63, 3.8) is 0 Å². The van der Waals surface area contributed by atoms with Gasteiger partial charge in [0.2, 0.25) is 0 Å². The SMILES string of the molecule is CCc1cc2[nH]c(=O)n(N(C(=O)C(C)C)S(C)(=O)=O)c(=O)c2cc1-c1ccnn1CC. The van der Waals surface area contributed by atoms with Crippen LogP contribution in [-0.2, 0) is 27.8 Å². The van der Waals surface area contributed by atoms with E-state index in [2.05, 4.69) is 10.1 Å². The summed E-state index contributed by atoms with van der Waals surface area (Å²) < 4.78 is 27.0. The van der Waals surface area contributed by atoms with E-state index in [1.54, 1.807) is 23.0 Å². The number of fused-ring (bicyclic) bond motifs is 1. The molecule has 0 aliphatic carbocycles.